The van der Waals surface area contributed by atoms with Gasteiger partial charge in [-0.3, -0.25) is 9.59 Å². The predicted molar refractivity (Wildman–Crippen MR) is 116 cm³/mol. The van der Waals surface area contributed by atoms with E-state index in [1.54, 1.807) is 42.5 Å². The third-order valence-electron chi connectivity index (χ3n) is 5.30. The molecule has 1 amide bonds. The van der Waals surface area contributed by atoms with Crippen molar-refractivity contribution in [3.8, 4) is 0 Å². The molecule has 0 spiro atoms. The van der Waals surface area contributed by atoms with Crippen molar-refractivity contribution in [1.29, 1.82) is 0 Å². The Kier molecular flexibility index (Phi) is 5.42. The van der Waals surface area contributed by atoms with E-state index in [9.17, 15) is 18.0 Å². The van der Waals surface area contributed by atoms with Crippen LogP contribution in [0, 0.1) is 6.92 Å². The number of rotatable bonds is 4. The first-order valence-corrected chi connectivity index (χ1v) is 11.7. The van der Waals surface area contributed by atoms with Crippen LogP contribution >= 0.6 is 11.6 Å². The molecule has 0 aliphatic carbocycles. The monoisotopic (exact) mass is 445 g/mol. The van der Waals surface area contributed by atoms with Crippen molar-refractivity contribution in [2.75, 3.05) is 11.5 Å². The van der Waals surface area contributed by atoms with Crippen LogP contribution < -0.4 is 5.43 Å². The molecule has 0 saturated carbocycles. The highest BCUT2D eigenvalue weighted by molar-refractivity contribution is 7.91. The maximum Gasteiger partial charge on any atom is 0.290 e. The van der Waals surface area contributed by atoms with Gasteiger partial charge in [0.15, 0.2) is 21.0 Å². The molecular weight excluding hydrogens is 426 g/mol. The fourth-order valence-electron chi connectivity index (χ4n) is 3.71. The van der Waals surface area contributed by atoms with Gasteiger partial charge in [-0.25, -0.2) is 8.42 Å². The number of hydrogen-bond acceptors (Lipinski definition) is 5. The Morgan fingerprint density at radius 1 is 1.20 bits per heavy atom. The van der Waals surface area contributed by atoms with Crippen LogP contribution in [-0.4, -0.2) is 36.8 Å². The van der Waals surface area contributed by atoms with E-state index in [1.807, 2.05) is 6.92 Å². The summed E-state index contributed by atoms with van der Waals surface area (Å²) in [6, 6.07) is 12.9. The summed E-state index contributed by atoms with van der Waals surface area (Å²) in [5, 5.41) is 0.866. The Morgan fingerprint density at radius 3 is 2.67 bits per heavy atom. The normalized spacial score (nSPS) is 17.9. The summed E-state index contributed by atoms with van der Waals surface area (Å²) in [6.07, 6.45) is 0.329. The van der Waals surface area contributed by atoms with Crippen molar-refractivity contribution in [2.45, 2.75) is 25.9 Å². The van der Waals surface area contributed by atoms with E-state index in [1.165, 1.54) is 11.0 Å². The standard InChI is InChI=1S/C22H20ClNO5S/c1-14-6-7-17-19(25)11-21(29-20(17)10-14)22(26)24(16-8-9-30(27,28)13-16)12-15-4-2-3-5-18(15)23/h2-7,10-11,16H,8-9,12-13H2,1H3/t16-/m1/s1. The lowest BCUT2D eigenvalue weighted by atomic mass is 10.1. The number of fused-ring (bicyclic) bond motifs is 1. The molecule has 1 saturated heterocycles. The van der Waals surface area contributed by atoms with Gasteiger partial charge in [0, 0.05) is 23.7 Å². The zero-order valence-electron chi connectivity index (χ0n) is 16.3. The Balaban J connectivity index is 1.76. The Morgan fingerprint density at radius 2 is 1.97 bits per heavy atom. The molecule has 2 aromatic carbocycles. The van der Waals surface area contributed by atoms with Crippen LogP contribution in [0.3, 0.4) is 0 Å². The van der Waals surface area contributed by atoms with Crippen LogP contribution in [0.4, 0.5) is 0 Å². The summed E-state index contributed by atoms with van der Waals surface area (Å²) in [5.74, 6) is -0.753. The number of sulfone groups is 1. The zero-order valence-corrected chi connectivity index (χ0v) is 17.9. The van der Waals surface area contributed by atoms with Gasteiger partial charge < -0.3 is 9.32 Å². The Hall–Kier alpha value is -2.64. The van der Waals surface area contributed by atoms with Crippen LogP contribution in [0.25, 0.3) is 11.0 Å². The third-order valence-corrected chi connectivity index (χ3v) is 7.42. The van der Waals surface area contributed by atoms with Crippen LogP contribution in [0.2, 0.25) is 5.02 Å². The molecular formula is C22H20ClNO5S. The highest BCUT2D eigenvalue weighted by Gasteiger charge is 2.36. The molecule has 0 unspecified atom stereocenters. The van der Waals surface area contributed by atoms with Gasteiger partial charge in [-0.05, 0) is 42.7 Å². The molecule has 0 radical (unpaired) electrons. The highest BCUT2D eigenvalue weighted by atomic mass is 35.5. The third kappa shape index (κ3) is 4.13. The van der Waals surface area contributed by atoms with Crippen molar-refractivity contribution in [2.24, 2.45) is 0 Å². The molecule has 1 aliphatic rings. The Bertz CT molecular complexity index is 1300. The van der Waals surface area contributed by atoms with Crippen molar-refractivity contribution >= 4 is 38.3 Å². The van der Waals surface area contributed by atoms with Crippen molar-refractivity contribution in [3.63, 3.8) is 0 Å². The number of hydrogen-bond donors (Lipinski definition) is 0. The largest absolute Gasteiger partial charge is 0.451 e. The molecule has 30 heavy (non-hydrogen) atoms. The lowest BCUT2D eigenvalue weighted by Gasteiger charge is -2.28. The molecule has 4 rings (SSSR count). The maximum absolute atomic E-state index is 13.4. The van der Waals surface area contributed by atoms with E-state index in [0.717, 1.165) is 5.56 Å². The van der Waals surface area contributed by atoms with Gasteiger partial charge in [-0.1, -0.05) is 35.9 Å². The van der Waals surface area contributed by atoms with Gasteiger partial charge in [0.1, 0.15) is 5.58 Å². The first-order chi connectivity index (χ1) is 14.2. The molecule has 2 heterocycles. The number of amides is 1. The second-order valence-corrected chi connectivity index (χ2v) is 10.2. The van der Waals surface area contributed by atoms with Gasteiger partial charge in [-0.2, -0.15) is 0 Å². The van der Waals surface area contributed by atoms with E-state index >= 15 is 0 Å². The smallest absolute Gasteiger partial charge is 0.290 e. The lowest BCUT2D eigenvalue weighted by Crippen LogP contribution is -2.41. The molecule has 3 aromatic rings. The fourth-order valence-corrected chi connectivity index (χ4v) is 5.63. The molecule has 1 fully saturated rings. The highest BCUT2D eigenvalue weighted by Crippen LogP contribution is 2.25. The van der Waals surface area contributed by atoms with Crippen molar-refractivity contribution in [1.82, 2.24) is 4.90 Å². The number of halogens is 1. The van der Waals surface area contributed by atoms with Crippen molar-refractivity contribution < 1.29 is 17.6 Å². The molecule has 6 nitrogen and oxygen atoms in total. The quantitative estimate of drug-likeness (QED) is 0.612. The van der Waals surface area contributed by atoms with Gasteiger partial charge >= 0.3 is 0 Å². The van der Waals surface area contributed by atoms with E-state index in [4.69, 9.17) is 16.0 Å². The summed E-state index contributed by atoms with van der Waals surface area (Å²) in [5.41, 5.74) is 1.58. The van der Waals surface area contributed by atoms with Crippen LogP contribution in [0.5, 0.6) is 0 Å². The minimum Gasteiger partial charge on any atom is -0.451 e. The average Bonchev–Trinajstić information content (AvgIpc) is 3.06. The fraction of sp³-hybridized carbons (Fsp3) is 0.273. The zero-order chi connectivity index (χ0) is 21.5. The topological polar surface area (TPSA) is 84.7 Å². The van der Waals surface area contributed by atoms with Gasteiger partial charge in [0.25, 0.3) is 5.91 Å². The summed E-state index contributed by atoms with van der Waals surface area (Å²) >= 11 is 6.27. The summed E-state index contributed by atoms with van der Waals surface area (Å²) in [4.78, 5) is 27.4. The number of aryl methyl sites for hydroxylation is 1. The molecule has 156 valence electrons. The minimum atomic E-state index is -3.23. The van der Waals surface area contributed by atoms with Crippen LogP contribution in [-0.2, 0) is 16.4 Å². The predicted octanol–water partition coefficient (Wildman–Crippen LogP) is 3.58. The maximum atomic E-state index is 13.4. The van der Waals surface area contributed by atoms with Gasteiger partial charge in [0.2, 0.25) is 0 Å². The summed E-state index contributed by atoms with van der Waals surface area (Å²) in [7, 11) is -3.23. The molecule has 1 aromatic heterocycles. The van der Waals surface area contributed by atoms with E-state index in [-0.39, 0.29) is 29.2 Å². The van der Waals surface area contributed by atoms with Crippen molar-refractivity contribution in [3.05, 3.63) is 80.7 Å². The van der Waals surface area contributed by atoms with Gasteiger partial charge in [0.05, 0.1) is 16.9 Å². The first kappa shape index (κ1) is 20.6. The van der Waals surface area contributed by atoms with Crippen LogP contribution in [0.1, 0.15) is 28.1 Å². The van der Waals surface area contributed by atoms with E-state index in [0.29, 0.717) is 28.0 Å². The Labute approximate surface area is 179 Å². The number of carbonyl (C=O) groups is 1. The van der Waals surface area contributed by atoms with E-state index < -0.39 is 21.8 Å². The number of benzene rings is 2. The first-order valence-electron chi connectivity index (χ1n) is 9.53. The molecule has 0 N–H and O–H groups in total. The SMILES string of the molecule is Cc1ccc2c(=O)cc(C(=O)N(Cc3ccccc3Cl)[C@@H]3CCS(=O)(=O)C3)oc2c1. The van der Waals surface area contributed by atoms with E-state index in [2.05, 4.69) is 0 Å². The average molecular weight is 446 g/mol. The van der Waals surface area contributed by atoms with Crippen LogP contribution in [0.15, 0.2) is 57.7 Å². The lowest BCUT2D eigenvalue weighted by molar-refractivity contribution is 0.0648. The minimum absolute atomic E-state index is 0.0187. The molecule has 8 heteroatoms. The van der Waals surface area contributed by atoms with Gasteiger partial charge in [-0.15, -0.1) is 0 Å². The number of nitrogens with zero attached hydrogens (tertiary/aromatic N) is 1. The second kappa shape index (κ2) is 7.89. The summed E-state index contributed by atoms with van der Waals surface area (Å²) in [6.45, 7) is 1.98. The number of carbonyl (C=O) groups excluding carboxylic acids is 1. The molecule has 1 aliphatic heterocycles. The molecule has 1 atom stereocenters. The molecule has 0 bridgehead atoms. The second-order valence-electron chi connectivity index (χ2n) is 7.56. The summed E-state index contributed by atoms with van der Waals surface area (Å²) < 4.78 is 29.9.